The van der Waals surface area contributed by atoms with Gasteiger partial charge in [0.1, 0.15) is 11.2 Å². The lowest BCUT2D eigenvalue weighted by molar-refractivity contribution is 0.251. The van der Waals surface area contributed by atoms with E-state index in [9.17, 15) is 4.79 Å². The van der Waals surface area contributed by atoms with Crippen LogP contribution < -0.4 is 10.9 Å². The van der Waals surface area contributed by atoms with Crippen LogP contribution in [0.5, 0.6) is 0 Å². The van der Waals surface area contributed by atoms with Crippen LogP contribution in [0.25, 0.3) is 27.9 Å². The van der Waals surface area contributed by atoms with Gasteiger partial charge in [0, 0.05) is 30.4 Å². The molecule has 3 aromatic heterocycles. The van der Waals surface area contributed by atoms with Crippen molar-refractivity contribution in [2.45, 2.75) is 26.4 Å². The van der Waals surface area contributed by atoms with Crippen LogP contribution in [0.3, 0.4) is 0 Å². The standard InChI is InChI=1S/C21H21N3O3/c1-13-3-6-20-23-18(11-24(20)10-13)17-8-16-5-4-15(9-22-14(2)12-25)7-19(16)27-21(17)26/h3-8,10-11,14,22,25H,9,12H2,1-2H3. The van der Waals surface area contributed by atoms with Crippen molar-refractivity contribution in [2.75, 3.05) is 6.61 Å². The third-order valence-corrected chi connectivity index (χ3v) is 4.60. The number of pyridine rings is 1. The number of imidazole rings is 1. The van der Waals surface area contributed by atoms with Crippen LogP contribution in [-0.2, 0) is 6.54 Å². The largest absolute Gasteiger partial charge is 0.422 e. The van der Waals surface area contributed by atoms with Gasteiger partial charge in [-0.1, -0.05) is 18.2 Å². The van der Waals surface area contributed by atoms with E-state index in [0.29, 0.717) is 23.4 Å². The first kappa shape index (κ1) is 17.5. The van der Waals surface area contributed by atoms with Gasteiger partial charge in [0.15, 0.2) is 0 Å². The summed E-state index contributed by atoms with van der Waals surface area (Å²) in [4.78, 5) is 17.1. The summed E-state index contributed by atoms with van der Waals surface area (Å²) in [5.41, 5.74) is 4.07. The predicted octanol–water partition coefficient (Wildman–Crippen LogP) is 2.89. The molecule has 3 heterocycles. The molecule has 0 saturated carbocycles. The molecule has 2 N–H and O–H groups in total. The van der Waals surface area contributed by atoms with E-state index in [1.54, 1.807) is 0 Å². The molecule has 0 spiro atoms. The Morgan fingerprint density at radius 3 is 2.89 bits per heavy atom. The molecule has 0 amide bonds. The highest BCUT2D eigenvalue weighted by molar-refractivity contribution is 5.81. The lowest BCUT2D eigenvalue weighted by atomic mass is 10.1. The minimum absolute atomic E-state index is 0.00812. The number of hydrogen-bond donors (Lipinski definition) is 2. The molecule has 138 valence electrons. The maximum absolute atomic E-state index is 12.5. The first-order valence-electron chi connectivity index (χ1n) is 8.90. The molecule has 1 unspecified atom stereocenters. The first-order valence-corrected chi connectivity index (χ1v) is 8.90. The molecule has 0 aliphatic rings. The Bertz CT molecular complexity index is 1180. The quantitative estimate of drug-likeness (QED) is 0.533. The fourth-order valence-corrected chi connectivity index (χ4v) is 3.03. The molecule has 0 bridgehead atoms. The van der Waals surface area contributed by atoms with E-state index in [4.69, 9.17) is 9.52 Å². The van der Waals surface area contributed by atoms with Gasteiger partial charge in [-0.15, -0.1) is 0 Å². The second kappa shape index (κ2) is 6.98. The monoisotopic (exact) mass is 363 g/mol. The van der Waals surface area contributed by atoms with E-state index in [2.05, 4.69) is 10.3 Å². The number of nitrogens with one attached hydrogen (secondary N) is 1. The highest BCUT2D eigenvalue weighted by atomic mass is 16.4. The van der Waals surface area contributed by atoms with Crippen molar-refractivity contribution in [2.24, 2.45) is 0 Å². The third-order valence-electron chi connectivity index (χ3n) is 4.60. The van der Waals surface area contributed by atoms with Gasteiger partial charge >= 0.3 is 5.63 Å². The minimum Gasteiger partial charge on any atom is -0.422 e. The van der Waals surface area contributed by atoms with Gasteiger partial charge in [-0.3, -0.25) is 0 Å². The molecule has 27 heavy (non-hydrogen) atoms. The number of benzene rings is 1. The molecule has 6 nitrogen and oxygen atoms in total. The molecular weight excluding hydrogens is 342 g/mol. The molecule has 4 aromatic rings. The van der Waals surface area contributed by atoms with E-state index in [1.165, 1.54) is 0 Å². The number of aromatic nitrogens is 2. The van der Waals surface area contributed by atoms with E-state index >= 15 is 0 Å². The highest BCUT2D eigenvalue weighted by Gasteiger charge is 2.12. The van der Waals surface area contributed by atoms with E-state index in [1.807, 2.05) is 67.0 Å². The summed E-state index contributed by atoms with van der Waals surface area (Å²) in [5.74, 6) is 0. The third kappa shape index (κ3) is 3.49. The molecule has 0 aliphatic heterocycles. The average Bonchev–Trinajstić information content (AvgIpc) is 3.08. The Morgan fingerprint density at radius 2 is 2.07 bits per heavy atom. The molecule has 1 atom stereocenters. The zero-order chi connectivity index (χ0) is 19.0. The Kier molecular flexibility index (Phi) is 4.51. The summed E-state index contributed by atoms with van der Waals surface area (Å²) in [5, 5.41) is 13.1. The van der Waals surface area contributed by atoms with E-state index < -0.39 is 5.63 Å². The van der Waals surface area contributed by atoms with E-state index in [-0.39, 0.29) is 12.6 Å². The molecular formula is C21H21N3O3. The maximum atomic E-state index is 12.5. The van der Waals surface area contributed by atoms with Crippen LogP contribution in [0.2, 0.25) is 0 Å². The molecule has 6 heteroatoms. The van der Waals surface area contributed by atoms with Crippen LogP contribution in [0.15, 0.2) is 58.0 Å². The number of nitrogens with zero attached hydrogens (tertiary/aromatic N) is 2. The first-order chi connectivity index (χ1) is 13.0. The number of rotatable bonds is 5. The fourth-order valence-electron chi connectivity index (χ4n) is 3.03. The van der Waals surface area contributed by atoms with Crippen molar-refractivity contribution >= 4 is 16.6 Å². The van der Waals surface area contributed by atoms with Gasteiger partial charge in [-0.25, -0.2) is 9.78 Å². The smallest absolute Gasteiger partial charge is 0.345 e. The fraction of sp³-hybridized carbons (Fsp3) is 0.238. The van der Waals surface area contributed by atoms with Gasteiger partial charge in [0.2, 0.25) is 0 Å². The van der Waals surface area contributed by atoms with Crippen LogP contribution in [0.1, 0.15) is 18.1 Å². The van der Waals surface area contributed by atoms with Gasteiger partial charge < -0.3 is 19.2 Å². The van der Waals surface area contributed by atoms with Crippen molar-refractivity contribution in [1.82, 2.24) is 14.7 Å². The van der Waals surface area contributed by atoms with Gasteiger partial charge in [-0.2, -0.15) is 0 Å². The van der Waals surface area contributed by atoms with Crippen LogP contribution in [0, 0.1) is 6.92 Å². The Hall–Kier alpha value is -2.96. The maximum Gasteiger partial charge on any atom is 0.345 e. The van der Waals surface area contributed by atoms with Crippen molar-refractivity contribution in [3.05, 3.63) is 70.3 Å². The molecule has 0 radical (unpaired) electrons. The molecule has 4 rings (SSSR count). The lowest BCUT2D eigenvalue weighted by Gasteiger charge is -2.10. The highest BCUT2D eigenvalue weighted by Crippen LogP contribution is 2.22. The summed E-state index contributed by atoms with van der Waals surface area (Å²) >= 11 is 0. The predicted molar refractivity (Wildman–Crippen MR) is 105 cm³/mol. The summed E-state index contributed by atoms with van der Waals surface area (Å²) in [6.45, 7) is 4.58. The zero-order valence-corrected chi connectivity index (χ0v) is 15.3. The normalized spacial score (nSPS) is 12.7. The van der Waals surface area contributed by atoms with E-state index in [0.717, 1.165) is 22.2 Å². The summed E-state index contributed by atoms with van der Waals surface area (Å²) < 4.78 is 7.47. The second-order valence-electron chi connectivity index (χ2n) is 6.88. The van der Waals surface area contributed by atoms with Crippen molar-refractivity contribution < 1.29 is 9.52 Å². The van der Waals surface area contributed by atoms with Gasteiger partial charge in [0.25, 0.3) is 0 Å². The second-order valence-corrected chi connectivity index (χ2v) is 6.88. The summed E-state index contributed by atoms with van der Waals surface area (Å²) in [6.07, 6.45) is 3.82. The van der Waals surface area contributed by atoms with Gasteiger partial charge in [-0.05, 0) is 43.2 Å². The van der Waals surface area contributed by atoms with Crippen molar-refractivity contribution in [1.29, 1.82) is 0 Å². The number of fused-ring (bicyclic) bond motifs is 2. The van der Waals surface area contributed by atoms with Crippen LogP contribution in [-0.4, -0.2) is 27.1 Å². The SMILES string of the molecule is Cc1ccc2nc(-c3cc4ccc(CNC(C)CO)cc4oc3=O)cn2c1. The molecule has 1 aromatic carbocycles. The average molecular weight is 363 g/mol. The number of aliphatic hydroxyl groups is 1. The number of hydrogen-bond acceptors (Lipinski definition) is 5. The molecule has 0 aliphatic carbocycles. The molecule has 0 fully saturated rings. The Labute approximate surface area is 156 Å². The Morgan fingerprint density at radius 1 is 1.22 bits per heavy atom. The summed E-state index contributed by atoms with van der Waals surface area (Å²) in [6, 6.07) is 11.5. The minimum atomic E-state index is -0.406. The number of aryl methyl sites for hydroxylation is 1. The topological polar surface area (TPSA) is 79.8 Å². The molecule has 0 saturated heterocycles. The van der Waals surface area contributed by atoms with Crippen molar-refractivity contribution in [3.8, 4) is 11.3 Å². The number of aliphatic hydroxyl groups excluding tert-OH is 1. The van der Waals surface area contributed by atoms with Gasteiger partial charge in [0.05, 0.1) is 17.9 Å². The lowest BCUT2D eigenvalue weighted by Crippen LogP contribution is -2.28. The van der Waals surface area contributed by atoms with Crippen LogP contribution in [0.4, 0.5) is 0 Å². The Balaban J connectivity index is 1.71. The van der Waals surface area contributed by atoms with Crippen molar-refractivity contribution in [3.63, 3.8) is 0 Å². The zero-order valence-electron chi connectivity index (χ0n) is 15.3. The summed E-state index contributed by atoms with van der Waals surface area (Å²) in [7, 11) is 0. The van der Waals surface area contributed by atoms with Crippen LogP contribution >= 0.6 is 0 Å².